The minimum Gasteiger partial charge on any atom is -0.507 e. The highest BCUT2D eigenvalue weighted by atomic mass is 16.7. The van der Waals surface area contributed by atoms with Gasteiger partial charge in [0.25, 0.3) is 0 Å². The summed E-state index contributed by atoms with van der Waals surface area (Å²) in [7, 11) is 1.36. The first kappa shape index (κ1) is 26.8. The Balaban J connectivity index is 1.51. The van der Waals surface area contributed by atoms with Crippen molar-refractivity contribution >= 4 is 11.6 Å². The quantitative estimate of drug-likeness (QED) is 0.231. The molecule has 10 heteroatoms. The lowest BCUT2D eigenvalue weighted by Crippen LogP contribution is -2.60. The second kappa shape index (κ2) is 10.8. The van der Waals surface area contributed by atoms with E-state index in [0.29, 0.717) is 18.4 Å². The monoisotopic (exact) mass is 536 g/mol. The van der Waals surface area contributed by atoms with Gasteiger partial charge in [-0.2, -0.15) is 0 Å². The number of hydrogen-bond acceptors (Lipinski definition) is 10. The molecule has 1 aliphatic heterocycles. The van der Waals surface area contributed by atoms with E-state index in [-0.39, 0.29) is 39.5 Å². The van der Waals surface area contributed by atoms with Gasteiger partial charge in [-0.1, -0.05) is 30.3 Å². The van der Waals surface area contributed by atoms with Gasteiger partial charge in [0.2, 0.25) is 12.1 Å². The van der Waals surface area contributed by atoms with Crippen molar-refractivity contribution in [2.24, 2.45) is 0 Å². The van der Waals surface area contributed by atoms with Gasteiger partial charge in [-0.15, -0.1) is 0 Å². The van der Waals surface area contributed by atoms with E-state index in [1.165, 1.54) is 25.3 Å². The van der Waals surface area contributed by atoms with Crippen LogP contribution in [0.4, 0.5) is 0 Å². The fourth-order valence-corrected chi connectivity index (χ4v) is 4.95. The first-order chi connectivity index (χ1) is 18.7. The molecule has 0 saturated carbocycles. The van der Waals surface area contributed by atoms with E-state index in [2.05, 4.69) is 0 Å². The highest BCUT2D eigenvalue weighted by molar-refractivity contribution is 6.30. The number of fused-ring (bicyclic) bond motifs is 2. The molecule has 5 N–H and O–H groups in total. The molecule has 2 aliphatic rings. The van der Waals surface area contributed by atoms with Gasteiger partial charge in [-0.05, 0) is 42.2 Å². The molecular formula is C29H28O10. The van der Waals surface area contributed by atoms with Crippen molar-refractivity contribution in [3.05, 3.63) is 88.0 Å². The van der Waals surface area contributed by atoms with Crippen LogP contribution in [0.15, 0.2) is 54.6 Å². The predicted octanol–water partition coefficient (Wildman–Crippen LogP) is 1.14. The van der Waals surface area contributed by atoms with Gasteiger partial charge in [-0.25, -0.2) is 0 Å². The lowest BCUT2D eigenvalue weighted by atomic mass is 9.81. The smallest absolute Gasteiger partial charge is 0.229 e. The second-order valence-electron chi connectivity index (χ2n) is 9.54. The Bertz CT molecular complexity index is 1400. The van der Waals surface area contributed by atoms with Crippen molar-refractivity contribution in [2.45, 2.75) is 43.5 Å². The zero-order chi connectivity index (χ0) is 27.8. The number of aliphatic hydroxyl groups is 4. The number of benzene rings is 3. The maximum Gasteiger partial charge on any atom is 0.229 e. The van der Waals surface area contributed by atoms with E-state index < -0.39 is 48.9 Å². The van der Waals surface area contributed by atoms with Gasteiger partial charge in [0.1, 0.15) is 41.7 Å². The van der Waals surface area contributed by atoms with Crippen molar-refractivity contribution in [3.8, 4) is 17.2 Å². The van der Waals surface area contributed by atoms with Gasteiger partial charge in [-0.3, -0.25) is 9.59 Å². The van der Waals surface area contributed by atoms with Crippen molar-refractivity contribution in [3.63, 3.8) is 0 Å². The molecule has 0 aromatic heterocycles. The largest absolute Gasteiger partial charge is 0.507 e. The topological polar surface area (TPSA) is 163 Å². The number of rotatable bonds is 7. The van der Waals surface area contributed by atoms with Crippen LogP contribution in [-0.4, -0.2) is 81.5 Å². The van der Waals surface area contributed by atoms with E-state index in [4.69, 9.17) is 14.2 Å². The maximum absolute atomic E-state index is 13.7. The molecule has 5 atom stereocenters. The molecule has 10 nitrogen and oxygen atoms in total. The van der Waals surface area contributed by atoms with Crippen LogP contribution in [0.25, 0.3) is 0 Å². The number of carbonyl (C=O) groups excluding carboxylic acids is 2. The maximum atomic E-state index is 13.7. The van der Waals surface area contributed by atoms with Crippen LogP contribution in [0.5, 0.6) is 17.2 Å². The summed E-state index contributed by atoms with van der Waals surface area (Å²) in [5, 5.41) is 51.0. The summed E-state index contributed by atoms with van der Waals surface area (Å²) in [6.45, 7) is -0.674. The lowest BCUT2D eigenvalue weighted by Gasteiger charge is -2.39. The number of phenolic OH excluding ortho intramolecular Hbond substituents is 1. The third-order valence-electron chi connectivity index (χ3n) is 7.07. The van der Waals surface area contributed by atoms with Crippen molar-refractivity contribution in [2.75, 3.05) is 13.7 Å². The molecule has 1 saturated heterocycles. The Kier molecular flexibility index (Phi) is 7.39. The molecule has 3 aromatic carbocycles. The van der Waals surface area contributed by atoms with Crippen molar-refractivity contribution < 1.29 is 49.3 Å². The fourth-order valence-electron chi connectivity index (χ4n) is 4.95. The number of aryl methyl sites for hydroxylation is 2. The van der Waals surface area contributed by atoms with Crippen LogP contribution in [0, 0.1) is 0 Å². The van der Waals surface area contributed by atoms with Crippen LogP contribution in [0.2, 0.25) is 0 Å². The number of aliphatic hydroxyl groups excluding tert-OH is 4. The third-order valence-corrected chi connectivity index (χ3v) is 7.07. The Morgan fingerprint density at radius 3 is 2.21 bits per heavy atom. The zero-order valence-electron chi connectivity index (χ0n) is 21.0. The van der Waals surface area contributed by atoms with Crippen LogP contribution in [0.1, 0.15) is 43.0 Å². The standard InChI is InChI=1S/C29H28O10/c1-37-16-11-18-23(20(12-16)38-29-28(36)27(35)25(33)21(13-30)39-29)26(34)22-17(24(18)32)9-15(10-19(22)31)8-7-14-5-3-2-4-6-14/h2-6,9-12,21,25,27-31,33,35-36H,7-8,13H2,1H3. The molecule has 0 radical (unpaired) electrons. The highest BCUT2D eigenvalue weighted by Gasteiger charge is 2.45. The summed E-state index contributed by atoms with van der Waals surface area (Å²) in [5.41, 5.74) is 1.41. The van der Waals surface area contributed by atoms with Crippen LogP contribution in [0.3, 0.4) is 0 Å². The third kappa shape index (κ3) is 4.88. The average Bonchev–Trinajstić information content (AvgIpc) is 2.94. The molecule has 5 rings (SSSR count). The number of ether oxygens (including phenoxy) is 3. The summed E-state index contributed by atoms with van der Waals surface area (Å²) in [4.78, 5) is 27.3. The van der Waals surface area contributed by atoms with E-state index in [9.17, 15) is 35.1 Å². The molecule has 0 amide bonds. The molecule has 1 heterocycles. The van der Waals surface area contributed by atoms with Gasteiger partial charge in [0, 0.05) is 17.2 Å². The first-order valence-corrected chi connectivity index (χ1v) is 12.4. The lowest BCUT2D eigenvalue weighted by molar-refractivity contribution is -0.277. The van der Waals surface area contributed by atoms with E-state index in [1.807, 2.05) is 30.3 Å². The zero-order valence-corrected chi connectivity index (χ0v) is 21.0. The SMILES string of the molecule is COc1cc(OC2OC(CO)C(O)C(O)C2O)c2c(c1)C(=O)c1cc(CCc3ccccc3)cc(O)c1C2=O. The molecular weight excluding hydrogens is 508 g/mol. The van der Waals surface area contributed by atoms with Gasteiger partial charge in [0.05, 0.1) is 24.8 Å². The molecule has 39 heavy (non-hydrogen) atoms. The van der Waals surface area contributed by atoms with E-state index >= 15 is 0 Å². The van der Waals surface area contributed by atoms with Gasteiger partial charge in [0.15, 0.2) is 5.78 Å². The van der Waals surface area contributed by atoms with Crippen molar-refractivity contribution in [1.82, 2.24) is 0 Å². The number of hydrogen-bond donors (Lipinski definition) is 5. The molecule has 1 aliphatic carbocycles. The summed E-state index contributed by atoms with van der Waals surface area (Å²) >= 11 is 0. The summed E-state index contributed by atoms with van der Waals surface area (Å²) < 4.78 is 16.5. The van der Waals surface area contributed by atoms with Crippen LogP contribution < -0.4 is 9.47 Å². The Morgan fingerprint density at radius 1 is 0.821 bits per heavy atom. The number of phenols is 1. The van der Waals surface area contributed by atoms with Crippen LogP contribution >= 0.6 is 0 Å². The van der Waals surface area contributed by atoms with E-state index in [0.717, 1.165) is 5.56 Å². The number of ketones is 2. The summed E-state index contributed by atoms with van der Waals surface area (Å²) in [5.74, 6) is -1.61. The minimum absolute atomic E-state index is 0.0361. The summed E-state index contributed by atoms with van der Waals surface area (Å²) in [6, 6.07) is 15.5. The molecule has 204 valence electrons. The van der Waals surface area contributed by atoms with Crippen molar-refractivity contribution in [1.29, 1.82) is 0 Å². The van der Waals surface area contributed by atoms with Crippen LogP contribution in [-0.2, 0) is 17.6 Å². The second-order valence-corrected chi connectivity index (χ2v) is 9.54. The predicted molar refractivity (Wildman–Crippen MR) is 136 cm³/mol. The molecule has 5 unspecified atom stereocenters. The molecule has 0 spiro atoms. The number of carbonyl (C=O) groups is 2. The number of methoxy groups -OCH3 is 1. The highest BCUT2D eigenvalue weighted by Crippen LogP contribution is 2.41. The summed E-state index contributed by atoms with van der Waals surface area (Å²) in [6.07, 6.45) is -6.70. The Morgan fingerprint density at radius 2 is 1.51 bits per heavy atom. The first-order valence-electron chi connectivity index (χ1n) is 12.4. The number of aromatic hydroxyl groups is 1. The molecule has 3 aromatic rings. The van der Waals surface area contributed by atoms with Gasteiger partial charge < -0.3 is 39.7 Å². The average molecular weight is 537 g/mol. The van der Waals surface area contributed by atoms with E-state index in [1.54, 1.807) is 6.07 Å². The molecule has 1 fully saturated rings. The minimum atomic E-state index is -1.74. The fraction of sp³-hybridized carbons (Fsp3) is 0.310. The molecule has 0 bridgehead atoms. The normalized spacial score (nSPS) is 24.2. The van der Waals surface area contributed by atoms with Gasteiger partial charge >= 0.3 is 0 Å². The Labute approximate surface area is 223 Å². The Hall–Kier alpha value is -3.80.